The number of nitrogens with one attached hydrogen (secondary N) is 1. The molecule has 0 fully saturated rings. The van der Waals surface area contributed by atoms with Crippen molar-refractivity contribution >= 4 is 22.8 Å². The van der Waals surface area contributed by atoms with E-state index in [1.165, 1.54) is 30.5 Å². The zero-order valence-corrected chi connectivity index (χ0v) is 10.6. The summed E-state index contributed by atoms with van der Waals surface area (Å²) >= 11 is 0. The molecule has 1 heterocycles. The molecule has 0 unspecified atom stereocenters. The minimum absolute atomic E-state index is 0.0819. The fraction of sp³-hybridized carbons (Fsp3) is 0. The molecule has 0 aliphatic heterocycles. The molecule has 2 N–H and O–H groups in total. The highest BCUT2D eigenvalue weighted by Gasteiger charge is 2.10. The second-order valence-corrected chi connectivity index (χ2v) is 4.43. The zero-order valence-electron chi connectivity index (χ0n) is 10.6. The zero-order chi connectivity index (χ0) is 15.0. The molecule has 3 nitrogen and oxygen atoms in total. The average Bonchev–Trinajstić information content (AvgIpc) is 2.73. The number of aromatic amines is 1. The number of fused-ring (bicyclic) bond motifs is 1. The van der Waals surface area contributed by atoms with E-state index < -0.39 is 17.5 Å². The van der Waals surface area contributed by atoms with Crippen molar-refractivity contribution in [3.8, 4) is 5.88 Å². The van der Waals surface area contributed by atoms with Crippen molar-refractivity contribution in [1.82, 2.24) is 4.98 Å². The summed E-state index contributed by atoms with van der Waals surface area (Å²) in [6.07, 6.45) is 1.20. The smallest absolute Gasteiger partial charge is 0.198 e. The fourth-order valence-electron chi connectivity index (χ4n) is 2.02. The number of hydrogen-bond donors (Lipinski definition) is 2. The number of benzene rings is 2. The first-order valence-electron chi connectivity index (χ1n) is 6.04. The first-order chi connectivity index (χ1) is 10.0. The molecule has 3 aromatic rings. The van der Waals surface area contributed by atoms with Crippen LogP contribution in [0.5, 0.6) is 5.88 Å². The lowest BCUT2D eigenvalue weighted by Gasteiger charge is -1.97. The summed E-state index contributed by atoms with van der Waals surface area (Å²) in [6, 6.07) is 6.91. The van der Waals surface area contributed by atoms with Crippen LogP contribution in [0, 0.1) is 17.5 Å². The monoisotopic (exact) mass is 290 g/mol. The Bertz CT molecular complexity index is 855. The van der Waals surface area contributed by atoms with Crippen LogP contribution in [0.1, 0.15) is 5.56 Å². The van der Waals surface area contributed by atoms with Crippen LogP contribution in [0.25, 0.3) is 10.9 Å². The lowest BCUT2D eigenvalue weighted by atomic mass is 10.2. The number of aromatic nitrogens is 1. The van der Waals surface area contributed by atoms with Crippen molar-refractivity contribution in [2.24, 2.45) is 4.99 Å². The topological polar surface area (TPSA) is 48.4 Å². The van der Waals surface area contributed by atoms with Gasteiger partial charge in [0.15, 0.2) is 11.7 Å². The number of aliphatic imine (C=N–C) groups is 1. The van der Waals surface area contributed by atoms with E-state index in [0.717, 1.165) is 6.07 Å². The van der Waals surface area contributed by atoms with Gasteiger partial charge < -0.3 is 10.1 Å². The molecule has 2 aromatic carbocycles. The van der Waals surface area contributed by atoms with Gasteiger partial charge in [-0.1, -0.05) is 0 Å². The Morgan fingerprint density at radius 3 is 2.48 bits per heavy atom. The molecular weight excluding hydrogens is 281 g/mol. The quantitative estimate of drug-likeness (QED) is 0.687. The predicted molar refractivity (Wildman–Crippen MR) is 73.5 cm³/mol. The van der Waals surface area contributed by atoms with Gasteiger partial charge in [-0.15, -0.1) is 0 Å². The van der Waals surface area contributed by atoms with Crippen LogP contribution in [0.2, 0.25) is 0 Å². The molecule has 0 saturated carbocycles. The molecule has 0 bridgehead atoms. The summed E-state index contributed by atoms with van der Waals surface area (Å²) in [5.41, 5.74) is 0.671. The van der Waals surface area contributed by atoms with Gasteiger partial charge in [-0.05, 0) is 30.3 Å². The molecular formula is C15H9F3N2O. The molecule has 106 valence electrons. The third kappa shape index (κ3) is 2.47. The average molecular weight is 290 g/mol. The maximum absolute atomic E-state index is 13.5. The normalized spacial score (nSPS) is 11.6. The summed E-state index contributed by atoms with van der Waals surface area (Å²) in [4.78, 5) is 6.52. The van der Waals surface area contributed by atoms with E-state index in [0.29, 0.717) is 17.0 Å². The highest BCUT2D eigenvalue weighted by Crippen LogP contribution is 2.27. The van der Waals surface area contributed by atoms with E-state index in [2.05, 4.69) is 9.98 Å². The van der Waals surface area contributed by atoms with Crippen molar-refractivity contribution in [2.45, 2.75) is 0 Å². The minimum Gasteiger partial charge on any atom is -0.494 e. The Hall–Kier alpha value is -2.76. The summed E-state index contributed by atoms with van der Waals surface area (Å²) in [5.74, 6) is -2.20. The summed E-state index contributed by atoms with van der Waals surface area (Å²) in [6.45, 7) is 0. The largest absolute Gasteiger partial charge is 0.494 e. The third-order valence-electron chi connectivity index (χ3n) is 3.02. The Morgan fingerprint density at radius 2 is 1.71 bits per heavy atom. The SMILES string of the molecule is Oc1[nH]c2ccc(F)cc2c1C=Nc1ccc(F)cc1F. The van der Waals surface area contributed by atoms with Crippen LogP contribution in [-0.2, 0) is 0 Å². The molecule has 0 amide bonds. The maximum atomic E-state index is 13.5. The number of nitrogens with zero attached hydrogens (tertiary/aromatic N) is 1. The van der Waals surface area contributed by atoms with Gasteiger partial charge in [0.05, 0.1) is 11.3 Å². The number of hydrogen-bond acceptors (Lipinski definition) is 2. The maximum Gasteiger partial charge on any atom is 0.198 e. The van der Waals surface area contributed by atoms with Gasteiger partial charge in [0.1, 0.15) is 11.6 Å². The summed E-state index contributed by atoms with van der Waals surface area (Å²) in [7, 11) is 0. The summed E-state index contributed by atoms with van der Waals surface area (Å²) in [5, 5.41) is 10.2. The Kier molecular flexibility index (Phi) is 3.13. The van der Waals surface area contributed by atoms with Crippen LogP contribution in [-0.4, -0.2) is 16.3 Å². The van der Waals surface area contributed by atoms with Crippen molar-refractivity contribution in [1.29, 1.82) is 0 Å². The number of halogens is 3. The van der Waals surface area contributed by atoms with Gasteiger partial charge in [0.25, 0.3) is 0 Å². The predicted octanol–water partition coefficient (Wildman–Crippen LogP) is 4.04. The second-order valence-electron chi connectivity index (χ2n) is 4.43. The Balaban J connectivity index is 2.06. The molecule has 1 aromatic heterocycles. The lowest BCUT2D eigenvalue weighted by molar-refractivity contribution is 0.457. The molecule has 0 radical (unpaired) electrons. The van der Waals surface area contributed by atoms with Gasteiger partial charge >= 0.3 is 0 Å². The van der Waals surface area contributed by atoms with E-state index in [4.69, 9.17) is 0 Å². The van der Waals surface area contributed by atoms with Crippen LogP contribution < -0.4 is 0 Å². The first kappa shape index (κ1) is 13.2. The first-order valence-corrected chi connectivity index (χ1v) is 6.04. The van der Waals surface area contributed by atoms with Crippen molar-refractivity contribution in [3.05, 3.63) is 59.4 Å². The van der Waals surface area contributed by atoms with E-state index in [1.807, 2.05) is 0 Å². The highest BCUT2D eigenvalue weighted by atomic mass is 19.1. The van der Waals surface area contributed by atoms with Crippen LogP contribution in [0.3, 0.4) is 0 Å². The van der Waals surface area contributed by atoms with Crippen molar-refractivity contribution < 1.29 is 18.3 Å². The lowest BCUT2D eigenvalue weighted by Crippen LogP contribution is -1.83. The summed E-state index contributed by atoms with van der Waals surface area (Å²) < 4.78 is 39.5. The van der Waals surface area contributed by atoms with Gasteiger partial charge in [-0.3, -0.25) is 4.99 Å². The molecule has 3 rings (SSSR count). The van der Waals surface area contributed by atoms with Crippen molar-refractivity contribution in [2.75, 3.05) is 0 Å². The van der Waals surface area contributed by atoms with Crippen LogP contribution in [0.15, 0.2) is 41.4 Å². The van der Waals surface area contributed by atoms with E-state index in [9.17, 15) is 18.3 Å². The molecule has 21 heavy (non-hydrogen) atoms. The Labute approximate surface area is 117 Å². The Morgan fingerprint density at radius 1 is 1.00 bits per heavy atom. The second kappa shape index (κ2) is 4.97. The molecule has 0 atom stereocenters. The van der Waals surface area contributed by atoms with E-state index in [1.54, 1.807) is 0 Å². The van der Waals surface area contributed by atoms with E-state index >= 15 is 0 Å². The molecule has 0 saturated heterocycles. The number of aromatic hydroxyl groups is 1. The highest BCUT2D eigenvalue weighted by molar-refractivity contribution is 6.02. The number of H-pyrrole nitrogens is 1. The number of rotatable bonds is 2. The van der Waals surface area contributed by atoms with Crippen LogP contribution >= 0.6 is 0 Å². The molecule has 0 spiro atoms. The van der Waals surface area contributed by atoms with Crippen molar-refractivity contribution in [3.63, 3.8) is 0 Å². The van der Waals surface area contributed by atoms with Gasteiger partial charge in [-0.2, -0.15) is 0 Å². The van der Waals surface area contributed by atoms with E-state index in [-0.39, 0.29) is 17.1 Å². The van der Waals surface area contributed by atoms with Gasteiger partial charge in [-0.25, -0.2) is 13.2 Å². The standard InChI is InChI=1S/C15H9F3N2O/c16-8-1-3-13-10(5-8)11(15(21)20-13)7-19-14-4-2-9(17)6-12(14)18/h1-7,20-21H. The van der Waals surface area contributed by atoms with Gasteiger partial charge in [0.2, 0.25) is 0 Å². The molecule has 0 aliphatic rings. The molecule has 0 aliphatic carbocycles. The minimum atomic E-state index is -0.822. The third-order valence-corrected chi connectivity index (χ3v) is 3.02. The fourth-order valence-corrected chi connectivity index (χ4v) is 2.02. The van der Waals surface area contributed by atoms with Crippen LogP contribution in [0.4, 0.5) is 18.9 Å². The van der Waals surface area contributed by atoms with Gasteiger partial charge in [0, 0.05) is 23.2 Å². The molecule has 6 heteroatoms.